The van der Waals surface area contributed by atoms with Crippen molar-refractivity contribution in [2.24, 2.45) is 0 Å². The molecule has 0 aliphatic heterocycles. The van der Waals surface area contributed by atoms with Crippen LogP contribution in [0, 0.1) is 0 Å². The molecular weight excluding hydrogens is 118 g/mol. The van der Waals surface area contributed by atoms with Crippen LogP contribution in [0.5, 0.6) is 0 Å². The topological polar surface area (TPSA) is 30.5 Å². The van der Waals surface area contributed by atoms with Crippen LogP contribution in [0.15, 0.2) is 12.8 Å². The lowest BCUT2D eigenvalue weighted by Crippen LogP contribution is -2.26. The van der Waals surface area contributed by atoms with Crippen LogP contribution in [0.3, 0.4) is 0 Å². The Morgan fingerprint density at radius 3 is 2.44 bits per heavy atom. The van der Waals surface area contributed by atoms with E-state index in [-0.39, 0.29) is 6.29 Å². The highest BCUT2D eigenvalue weighted by Gasteiger charge is 2.00. The summed E-state index contributed by atoms with van der Waals surface area (Å²) in [4.78, 5) is 0. The molecule has 0 aromatic heterocycles. The zero-order chi connectivity index (χ0) is 7.11. The van der Waals surface area contributed by atoms with Gasteiger partial charge in [-0.15, -0.1) is 0 Å². The lowest BCUT2D eigenvalue weighted by molar-refractivity contribution is -0.0971. The van der Waals surface area contributed by atoms with Gasteiger partial charge in [-0.2, -0.15) is 0 Å². The maximum atomic E-state index is 4.87. The van der Waals surface area contributed by atoms with E-state index in [1.54, 1.807) is 20.4 Å². The summed E-state index contributed by atoms with van der Waals surface area (Å²) in [6, 6.07) is 0. The molecule has 9 heavy (non-hydrogen) atoms. The van der Waals surface area contributed by atoms with Crippen LogP contribution in [-0.4, -0.2) is 27.1 Å². The van der Waals surface area contributed by atoms with Gasteiger partial charge in [0.2, 0.25) is 0 Å². The van der Waals surface area contributed by atoms with E-state index >= 15 is 0 Å². The number of nitrogens with one attached hydrogen (secondary N) is 1. The Kier molecular flexibility index (Phi) is 5.26. The molecule has 3 nitrogen and oxygen atoms in total. The average Bonchev–Trinajstić information content (AvgIpc) is 1.91. The van der Waals surface area contributed by atoms with E-state index < -0.39 is 0 Å². The summed E-state index contributed by atoms with van der Waals surface area (Å²) < 4.78 is 9.74. The van der Waals surface area contributed by atoms with Crippen molar-refractivity contribution in [2.45, 2.75) is 6.29 Å². The molecule has 0 aromatic carbocycles. The van der Waals surface area contributed by atoms with Gasteiger partial charge in [-0.1, -0.05) is 6.58 Å². The molecule has 1 N–H and O–H groups in total. The fraction of sp³-hybridized carbons (Fsp3) is 0.667. The number of hydrogen-bond acceptors (Lipinski definition) is 3. The third kappa shape index (κ3) is 4.00. The second-order valence-corrected chi connectivity index (χ2v) is 1.51. The van der Waals surface area contributed by atoms with E-state index in [2.05, 4.69) is 11.9 Å². The van der Waals surface area contributed by atoms with Gasteiger partial charge in [0.15, 0.2) is 6.29 Å². The second-order valence-electron chi connectivity index (χ2n) is 1.51. The van der Waals surface area contributed by atoms with Crippen LogP contribution < -0.4 is 5.32 Å². The summed E-state index contributed by atoms with van der Waals surface area (Å²) >= 11 is 0. The molecule has 0 unspecified atom stereocenters. The monoisotopic (exact) mass is 131 g/mol. The van der Waals surface area contributed by atoms with Crippen molar-refractivity contribution in [3.8, 4) is 0 Å². The van der Waals surface area contributed by atoms with Crippen LogP contribution in [0.25, 0.3) is 0 Å². The zero-order valence-corrected chi connectivity index (χ0v) is 5.89. The first kappa shape index (κ1) is 8.46. The molecular formula is C6H13NO2. The Balaban J connectivity index is 3.19. The first-order chi connectivity index (χ1) is 4.35. The van der Waals surface area contributed by atoms with Crippen LogP contribution in [0.1, 0.15) is 0 Å². The molecule has 0 aliphatic rings. The fourth-order valence-corrected chi connectivity index (χ4v) is 0.442. The molecule has 0 heterocycles. The Hall–Kier alpha value is -0.540. The predicted octanol–water partition coefficient (Wildman–Crippen LogP) is 0.338. The summed E-state index contributed by atoms with van der Waals surface area (Å²) in [7, 11) is 3.19. The number of methoxy groups -OCH3 is 2. The van der Waals surface area contributed by atoms with E-state index in [0.717, 1.165) is 0 Å². The second kappa shape index (κ2) is 5.59. The van der Waals surface area contributed by atoms with E-state index in [1.165, 1.54) is 0 Å². The van der Waals surface area contributed by atoms with Crippen LogP contribution >= 0.6 is 0 Å². The quantitative estimate of drug-likeness (QED) is 0.546. The number of rotatable bonds is 5. The molecule has 0 aromatic rings. The Morgan fingerprint density at radius 2 is 2.11 bits per heavy atom. The van der Waals surface area contributed by atoms with Crippen molar-refractivity contribution in [1.29, 1.82) is 0 Å². The van der Waals surface area contributed by atoms with E-state index in [4.69, 9.17) is 9.47 Å². The van der Waals surface area contributed by atoms with E-state index in [1.807, 2.05) is 0 Å². The molecule has 0 spiro atoms. The van der Waals surface area contributed by atoms with Crippen molar-refractivity contribution in [1.82, 2.24) is 5.32 Å². The zero-order valence-electron chi connectivity index (χ0n) is 5.89. The molecule has 0 saturated carbocycles. The van der Waals surface area contributed by atoms with Crippen molar-refractivity contribution in [3.63, 3.8) is 0 Å². The molecule has 0 rings (SSSR count). The van der Waals surface area contributed by atoms with Gasteiger partial charge in [-0.25, -0.2) is 0 Å². The van der Waals surface area contributed by atoms with Crippen molar-refractivity contribution in [3.05, 3.63) is 12.8 Å². The smallest absolute Gasteiger partial charge is 0.173 e. The largest absolute Gasteiger partial charge is 0.386 e. The SMILES string of the molecule is C=CNCC(OC)OC. The molecule has 54 valence electrons. The summed E-state index contributed by atoms with van der Waals surface area (Å²) in [5.41, 5.74) is 0. The summed E-state index contributed by atoms with van der Waals surface area (Å²) in [6.45, 7) is 4.11. The molecule has 0 fully saturated rings. The van der Waals surface area contributed by atoms with Gasteiger partial charge in [0, 0.05) is 14.2 Å². The minimum atomic E-state index is -0.178. The van der Waals surface area contributed by atoms with Crippen LogP contribution in [0.2, 0.25) is 0 Å². The van der Waals surface area contributed by atoms with Crippen LogP contribution in [-0.2, 0) is 9.47 Å². The molecule has 0 atom stereocenters. The van der Waals surface area contributed by atoms with Gasteiger partial charge in [0.05, 0.1) is 6.54 Å². The van der Waals surface area contributed by atoms with Gasteiger partial charge < -0.3 is 14.8 Å². The standard InChI is InChI=1S/C6H13NO2/c1-4-7-5-6(8-2)9-3/h4,6-7H,1,5H2,2-3H3. The average molecular weight is 131 g/mol. The maximum absolute atomic E-state index is 4.87. The predicted molar refractivity (Wildman–Crippen MR) is 36.0 cm³/mol. The molecule has 3 heteroatoms. The normalized spacial score (nSPS) is 9.67. The Labute approximate surface area is 55.7 Å². The first-order valence-electron chi connectivity index (χ1n) is 2.75. The van der Waals surface area contributed by atoms with Crippen molar-refractivity contribution >= 4 is 0 Å². The summed E-state index contributed by atoms with van der Waals surface area (Å²) in [5, 5.41) is 2.86. The lowest BCUT2D eigenvalue weighted by atomic mass is 10.6. The Bertz CT molecular complexity index is 71.5. The summed E-state index contributed by atoms with van der Waals surface area (Å²) in [5.74, 6) is 0. The lowest BCUT2D eigenvalue weighted by Gasteiger charge is -2.11. The highest BCUT2D eigenvalue weighted by molar-refractivity contribution is 4.63. The molecule has 0 saturated heterocycles. The van der Waals surface area contributed by atoms with E-state index in [9.17, 15) is 0 Å². The highest BCUT2D eigenvalue weighted by Crippen LogP contribution is 1.86. The van der Waals surface area contributed by atoms with Gasteiger partial charge in [-0.05, 0) is 6.20 Å². The molecule has 0 amide bonds. The summed E-state index contributed by atoms with van der Waals surface area (Å²) in [6.07, 6.45) is 1.42. The van der Waals surface area contributed by atoms with Crippen molar-refractivity contribution in [2.75, 3.05) is 20.8 Å². The number of hydrogen-bond donors (Lipinski definition) is 1. The minimum Gasteiger partial charge on any atom is -0.386 e. The van der Waals surface area contributed by atoms with Crippen LogP contribution in [0.4, 0.5) is 0 Å². The maximum Gasteiger partial charge on any atom is 0.173 e. The fourth-order valence-electron chi connectivity index (χ4n) is 0.442. The third-order valence-electron chi connectivity index (χ3n) is 0.955. The van der Waals surface area contributed by atoms with Gasteiger partial charge in [-0.3, -0.25) is 0 Å². The first-order valence-corrected chi connectivity index (χ1v) is 2.75. The molecule has 0 bridgehead atoms. The number of ether oxygens (including phenoxy) is 2. The molecule has 0 radical (unpaired) electrons. The van der Waals surface area contributed by atoms with Gasteiger partial charge in [0.25, 0.3) is 0 Å². The van der Waals surface area contributed by atoms with Gasteiger partial charge in [0.1, 0.15) is 0 Å². The highest BCUT2D eigenvalue weighted by atomic mass is 16.7. The van der Waals surface area contributed by atoms with Gasteiger partial charge >= 0.3 is 0 Å². The molecule has 0 aliphatic carbocycles. The Morgan fingerprint density at radius 1 is 1.56 bits per heavy atom. The van der Waals surface area contributed by atoms with E-state index in [0.29, 0.717) is 6.54 Å². The minimum absolute atomic E-state index is 0.178. The van der Waals surface area contributed by atoms with Crippen molar-refractivity contribution < 1.29 is 9.47 Å². The third-order valence-corrected chi connectivity index (χ3v) is 0.955.